The van der Waals surface area contributed by atoms with Gasteiger partial charge in [-0.3, -0.25) is 9.52 Å². The Hall–Kier alpha value is -3.36. The van der Waals surface area contributed by atoms with E-state index in [-0.39, 0.29) is 0 Å². The van der Waals surface area contributed by atoms with Crippen LogP contribution < -0.4 is 4.72 Å². The van der Waals surface area contributed by atoms with Crippen LogP contribution >= 0.6 is 11.6 Å². The van der Waals surface area contributed by atoms with Crippen molar-refractivity contribution in [2.75, 3.05) is 11.0 Å². The number of hydrogen-bond acceptors (Lipinski definition) is 4. The number of hydrogen-bond donors (Lipinski definition) is 2. The normalized spacial score (nSPS) is 18.0. The number of carboxylic acid groups (broad SMARTS) is 1. The lowest BCUT2D eigenvalue weighted by Gasteiger charge is -2.29. The summed E-state index contributed by atoms with van der Waals surface area (Å²) in [5, 5.41) is 10.2. The number of amides is 1. The highest BCUT2D eigenvalue weighted by atomic mass is 35.5. The molecule has 34 heavy (non-hydrogen) atoms. The second-order valence-electron chi connectivity index (χ2n) is 8.18. The van der Waals surface area contributed by atoms with Gasteiger partial charge in [-0.2, -0.15) is 0 Å². The Morgan fingerprint density at radius 3 is 2.26 bits per heavy atom. The Bertz CT molecular complexity index is 1340. The summed E-state index contributed by atoms with van der Waals surface area (Å²) in [6, 6.07) is 19.4. The summed E-state index contributed by atoms with van der Waals surface area (Å²) < 4.78 is 25.9. The van der Waals surface area contributed by atoms with Gasteiger partial charge in [0.05, 0.1) is 18.0 Å². The molecule has 1 saturated heterocycles. The van der Waals surface area contributed by atoms with Crippen LogP contribution in [0.5, 0.6) is 0 Å². The van der Waals surface area contributed by atoms with E-state index >= 15 is 0 Å². The van der Waals surface area contributed by atoms with Crippen molar-refractivity contribution in [3.63, 3.8) is 0 Å². The third-order valence-electron chi connectivity index (χ3n) is 5.83. The molecular weight excluding hydrogens is 476 g/mol. The van der Waals surface area contributed by atoms with Crippen LogP contribution in [0, 0.1) is 0 Å². The summed E-state index contributed by atoms with van der Waals surface area (Å²) in [4.78, 5) is 26.8. The van der Waals surface area contributed by atoms with Gasteiger partial charge in [-0.25, -0.2) is 13.2 Å². The Morgan fingerprint density at radius 1 is 0.971 bits per heavy atom. The molecule has 2 atom stereocenters. The highest BCUT2D eigenvalue weighted by Crippen LogP contribution is 2.40. The van der Waals surface area contributed by atoms with E-state index in [1.54, 1.807) is 60.7 Å². The quantitative estimate of drug-likeness (QED) is 0.507. The third-order valence-corrected chi connectivity index (χ3v) is 6.77. The van der Waals surface area contributed by atoms with Gasteiger partial charge in [-0.05, 0) is 48.2 Å². The lowest BCUT2D eigenvalue weighted by atomic mass is 10.0. The Kier molecular flexibility index (Phi) is 6.63. The highest BCUT2D eigenvalue weighted by Gasteiger charge is 2.42. The lowest BCUT2D eigenvalue weighted by molar-refractivity contribution is -0.141. The van der Waals surface area contributed by atoms with Crippen LogP contribution in [0.3, 0.4) is 0 Å². The molecule has 3 aromatic rings. The molecule has 1 fully saturated rings. The fourth-order valence-electron chi connectivity index (χ4n) is 4.35. The van der Waals surface area contributed by atoms with Gasteiger partial charge in [0, 0.05) is 16.1 Å². The number of carbonyl (C=O) groups excluding carboxylic acids is 1. The van der Waals surface area contributed by atoms with Gasteiger partial charge >= 0.3 is 5.97 Å². The number of nitrogens with one attached hydrogen (secondary N) is 1. The molecule has 1 aliphatic rings. The van der Waals surface area contributed by atoms with Crippen molar-refractivity contribution in [3.8, 4) is 11.1 Å². The fraction of sp³-hybridized carbons (Fsp3) is 0.200. The second-order valence-corrected chi connectivity index (χ2v) is 10.3. The smallest absolute Gasteiger partial charge is 0.326 e. The zero-order chi connectivity index (χ0) is 24.5. The number of likely N-dealkylation sites (tertiary alicyclic amines) is 1. The van der Waals surface area contributed by atoms with Crippen molar-refractivity contribution in [3.05, 3.63) is 88.9 Å². The zero-order valence-corrected chi connectivity index (χ0v) is 19.9. The first-order valence-corrected chi connectivity index (χ1v) is 12.9. The molecule has 1 heterocycles. The molecule has 0 spiro atoms. The molecule has 1 unspecified atom stereocenters. The average Bonchev–Trinajstić information content (AvgIpc) is 3.24. The largest absolute Gasteiger partial charge is 0.480 e. The molecule has 176 valence electrons. The van der Waals surface area contributed by atoms with Crippen LogP contribution in [0.25, 0.3) is 11.1 Å². The molecule has 0 aromatic heterocycles. The van der Waals surface area contributed by atoms with Crippen molar-refractivity contribution < 1.29 is 23.1 Å². The number of aliphatic carboxylic acids is 1. The van der Waals surface area contributed by atoms with Crippen molar-refractivity contribution in [1.82, 2.24) is 4.90 Å². The zero-order valence-electron chi connectivity index (χ0n) is 18.3. The van der Waals surface area contributed by atoms with Crippen molar-refractivity contribution in [1.29, 1.82) is 0 Å². The van der Waals surface area contributed by atoms with Gasteiger partial charge in [0.15, 0.2) is 0 Å². The van der Waals surface area contributed by atoms with Crippen LogP contribution in [0.1, 0.15) is 34.8 Å². The standard InChI is InChI=1S/C25H23ClN2O5S/c1-34(32,33)27-21-9-5-3-6-18(21)16-10-12-17(13-11-16)24(29)28-22(14-15-23(28)25(30)31)19-7-2-4-8-20(19)26/h2-13,22-23,27H,14-15H2,1H3,(H,30,31)/t22?,23-/m0/s1. The second kappa shape index (κ2) is 9.48. The van der Waals surface area contributed by atoms with E-state index in [9.17, 15) is 23.1 Å². The summed E-state index contributed by atoms with van der Waals surface area (Å²) in [6.45, 7) is 0. The molecule has 3 aromatic carbocycles. The highest BCUT2D eigenvalue weighted by molar-refractivity contribution is 7.92. The summed E-state index contributed by atoms with van der Waals surface area (Å²) in [5.74, 6) is -1.45. The van der Waals surface area contributed by atoms with Crippen LogP contribution in [0.2, 0.25) is 5.02 Å². The molecule has 0 saturated carbocycles. The van der Waals surface area contributed by atoms with Crippen LogP contribution in [-0.4, -0.2) is 42.6 Å². The molecule has 9 heteroatoms. The van der Waals surface area contributed by atoms with E-state index in [1.807, 2.05) is 12.1 Å². The minimum absolute atomic E-state index is 0.333. The predicted molar refractivity (Wildman–Crippen MR) is 131 cm³/mol. The van der Waals surface area contributed by atoms with Gasteiger partial charge in [0.1, 0.15) is 6.04 Å². The third kappa shape index (κ3) is 4.93. The van der Waals surface area contributed by atoms with E-state index in [2.05, 4.69) is 4.72 Å². The number of nitrogens with zero attached hydrogens (tertiary/aromatic N) is 1. The number of carboxylic acids is 1. The summed E-state index contributed by atoms with van der Waals surface area (Å²) >= 11 is 6.36. The maximum atomic E-state index is 13.5. The van der Waals surface area contributed by atoms with Crippen molar-refractivity contribution in [2.24, 2.45) is 0 Å². The molecule has 4 rings (SSSR count). The minimum atomic E-state index is -3.47. The summed E-state index contributed by atoms with van der Waals surface area (Å²) in [7, 11) is -3.47. The number of carbonyl (C=O) groups is 2. The number of para-hydroxylation sites is 1. The van der Waals surface area contributed by atoms with Crippen molar-refractivity contribution >= 4 is 39.2 Å². The first-order chi connectivity index (χ1) is 16.2. The van der Waals surface area contributed by atoms with Gasteiger partial charge in [-0.15, -0.1) is 0 Å². The first-order valence-electron chi connectivity index (χ1n) is 10.6. The van der Waals surface area contributed by atoms with Gasteiger partial charge in [0.2, 0.25) is 10.0 Å². The topological polar surface area (TPSA) is 104 Å². The Balaban J connectivity index is 1.67. The monoisotopic (exact) mass is 498 g/mol. The van der Waals surface area contributed by atoms with Gasteiger partial charge < -0.3 is 10.0 Å². The number of halogens is 1. The maximum Gasteiger partial charge on any atom is 0.326 e. The van der Waals surface area contributed by atoms with Crippen LogP contribution in [0.15, 0.2) is 72.8 Å². The Morgan fingerprint density at radius 2 is 1.62 bits per heavy atom. The number of rotatable bonds is 6. The minimum Gasteiger partial charge on any atom is -0.480 e. The number of anilines is 1. The molecule has 0 radical (unpaired) electrons. The lowest BCUT2D eigenvalue weighted by Crippen LogP contribution is -2.41. The van der Waals surface area contributed by atoms with Gasteiger partial charge in [-0.1, -0.05) is 60.1 Å². The van der Waals surface area contributed by atoms with Crippen LogP contribution in [-0.2, 0) is 14.8 Å². The SMILES string of the molecule is CS(=O)(=O)Nc1ccccc1-c1ccc(C(=O)N2C(c3ccccc3Cl)CC[C@H]2C(=O)O)cc1. The number of benzene rings is 3. The van der Waals surface area contributed by atoms with E-state index in [0.29, 0.717) is 40.2 Å². The molecule has 7 nitrogen and oxygen atoms in total. The fourth-order valence-corrected chi connectivity index (χ4v) is 5.19. The van der Waals surface area contributed by atoms with Crippen LogP contribution in [0.4, 0.5) is 5.69 Å². The summed E-state index contributed by atoms with van der Waals surface area (Å²) in [6.07, 6.45) is 1.91. The molecule has 1 aliphatic heterocycles. The van der Waals surface area contributed by atoms with E-state index in [4.69, 9.17) is 11.6 Å². The van der Waals surface area contributed by atoms with Gasteiger partial charge in [0.25, 0.3) is 5.91 Å². The average molecular weight is 499 g/mol. The molecule has 2 N–H and O–H groups in total. The molecule has 0 bridgehead atoms. The van der Waals surface area contributed by atoms with E-state index in [0.717, 1.165) is 11.8 Å². The Labute approximate surface area is 203 Å². The molecular formula is C25H23ClN2O5S. The molecule has 1 amide bonds. The summed E-state index contributed by atoms with van der Waals surface area (Å²) in [5.41, 5.74) is 2.85. The van der Waals surface area contributed by atoms with E-state index < -0.39 is 34.0 Å². The van der Waals surface area contributed by atoms with Crippen molar-refractivity contribution in [2.45, 2.75) is 24.9 Å². The maximum absolute atomic E-state index is 13.5. The molecule has 0 aliphatic carbocycles. The number of sulfonamides is 1. The van der Waals surface area contributed by atoms with E-state index in [1.165, 1.54) is 4.90 Å². The predicted octanol–water partition coefficient (Wildman–Crippen LogP) is 4.81. The first kappa shape index (κ1) is 23.8.